The van der Waals surface area contributed by atoms with Gasteiger partial charge < -0.3 is 4.90 Å². The molecule has 0 saturated carbocycles. The van der Waals surface area contributed by atoms with Crippen molar-refractivity contribution in [2.75, 3.05) is 18.0 Å². The average Bonchev–Trinajstić information content (AvgIpc) is 3.42. The third-order valence-corrected chi connectivity index (χ3v) is 6.11. The number of anilines is 1. The molecule has 0 unspecified atom stereocenters. The van der Waals surface area contributed by atoms with E-state index < -0.39 is 0 Å². The van der Waals surface area contributed by atoms with Crippen LogP contribution in [0, 0.1) is 13.8 Å². The second kappa shape index (κ2) is 8.06. The molecule has 1 fully saturated rings. The fraction of sp³-hybridized carbons (Fsp3) is 0.316. The summed E-state index contributed by atoms with van der Waals surface area (Å²) in [5.41, 5.74) is 3.72. The maximum Gasteiger partial charge on any atom is 0.229 e. The number of thiophene rings is 1. The summed E-state index contributed by atoms with van der Waals surface area (Å²) in [5.74, 6) is 0. The molecule has 4 rings (SSSR count). The average molecular weight is 397 g/mol. The van der Waals surface area contributed by atoms with Gasteiger partial charge in [-0.2, -0.15) is 0 Å². The lowest BCUT2D eigenvalue weighted by molar-refractivity contribution is 0.949. The Kier molecular flexibility index (Phi) is 5.35. The van der Waals surface area contributed by atoms with E-state index in [2.05, 4.69) is 36.4 Å². The van der Waals surface area contributed by atoms with Crippen molar-refractivity contribution in [1.29, 1.82) is 0 Å². The zero-order valence-electron chi connectivity index (χ0n) is 15.3. The van der Waals surface area contributed by atoms with Crippen molar-refractivity contribution in [1.82, 2.24) is 4.98 Å². The largest absolute Gasteiger partial charge is 0.363 e. The predicted octanol–water partition coefficient (Wildman–Crippen LogP) is 7.25. The molecule has 3 heterocycles. The van der Waals surface area contributed by atoms with E-state index in [0.29, 0.717) is 5.13 Å². The van der Waals surface area contributed by atoms with E-state index in [1.807, 2.05) is 37.4 Å². The van der Waals surface area contributed by atoms with Crippen LogP contribution in [-0.4, -0.2) is 18.1 Å². The van der Waals surface area contributed by atoms with Gasteiger partial charge in [-0.05, 0) is 62.1 Å². The fourth-order valence-corrected chi connectivity index (χ4v) is 4.28. The number of azo groups is 2. The maximum absolute atomic E-state index is 4.46. The van der Waals surface area contributed by atoms with E-state index in [9.17, 15) is 0 Å². The van der Waals surface area contributed by atoms with Crippen molar-refractivity contribution in [3.8, 4) is 0 Å². The second-order valence-corrected chi connectivity index (χ2v) is 8.36. The summed E-state index contributed by atoms with van der Waals surface area (Å²) < 4.78 is 0. The number of aromatic nitrogens is 1. The van der Waals surface area contributed by atoms with Gasteiger partial charge in [-0.25, -0.2) is 4.98 Å². The molecule has 27 heavy (non-hydrogen) atoms. The summed E-state index contributed by atoms with van der Waals surface area (Å²) in [5, 5.41) is 22.2. The maximum atomic E-state index is 4.46. The molecule has 1 saturated heterocycles. The highest BCUT2D eigenvalue weighted by Gasteiger charge is 2.14. The number of hydrogen-bond donors (Lipinski definition) is 0. The highest BCUT2D eigenvalue weighted by molar-refractivity contribution is 7.19. The summed E-state index contributed by atoms with van der Waals surface area (Å²) in [6.45, 7) is 6.31. The van der Waals surface area contributed by atoms with Gasteiger partial charge in [-0.1, -0.05) is 11.3 Å². The van der Waals surface area contributed by atoms with Crippen molar-refractivity contribution in [2.24, 2.45) is 20.5 Å². The van der Waals surface area contributed by atoms with E-state index in [4.69, 9.17) is 0 Å². The van der Waals surface area contributed by atoms with E-state index in [1.165, 1.54) is 29.2 Å². The molecule has 8 heteroatoms. The third kappa shape index (κ3) is 4.28. The Morgan fingerprint density at radius 3 is 2.30 bits per heavy atom. The molecule has 0 aliphatic carbocycles. The first-order valence-corrected chi connectivity index (χ1v) is 10.6. The fourth-order valence-electron chi connectivity index (χ4n) is 2.95. The molecular weight excluding hydrogens is 376 g/mol. The van der Waals surface area contributed by atoms with E-state index in [0.717, 1.165) is 40.6 Å². The molecule has 0 spiro atoms. The SMILES string of the molecule is Cc1cc(N=Nc2nccs2)c(C)cc1N=Nc1ccc(N2CCCC2)s1. The van der Waals surface area contributed by atoms with Crippen molar-refractivity contribution in [2.45, 2.75) is 26.7 Å². The minimum Gasteiger partial charge on any atom is -0.363 e. The zero-order valence-corrected chi connectivity index (χ0v) is 16.9. The van der Waals surface area contributed by atoms with Gasteiger partial charge in [0.25, 0.3) is 0 Å². The first-order chi connectivity index (χ1) is 13.2. The van der Waals surface area contributed by atoms with E-state index >= 15 is 0 Å². The minimum absolute atomic E-state index is 0.655. The van der Waals surface area contributed by atoms with Crippen LogP contribution in [0.5, 0.6) is 0 Å². The second-order valence-electron chi connectivity index (χ2n) is 6.45. The Bertz CT molecular complexity index is 968. The Balaban J connectivity index is 1.50. The van der Waals surface area contributed by atoms with Crippen LogP contribution in [-0.2, 0) is 0 Å². The molecule has 1 aliphatic heterocycles. The number of thiazole rings is 1. The lowest BCUT2D eigenvalue weighted by Crippen LogP contribution is -2.15. The summed E-state index contributed by atoms with van der Waals surface area (Å²) >= 11 is 3.16. The third-order valence-electron chi connectivity index (χ3n) is 4.43. The number of hydrogen-bond acceptors (Lipinski definition) is 8. The normalized spacial score (nSPS) is 14.8. The van der Waals surface area contributed by atoms with E-state index in [1.54, 1.807) is 17.5 Å². The molecule has 1 aliphatic rings. The first-order valence-electron chi connectivity index (χ1n) is 8.88. The number of nitrogens with zero attached hydrogens (tertiary/aromatic N) is 6. The Hall–Kier alpha value is -2.45. The van der Waals surface area contributed by atoms with Gasteiger partial charge >= 0.3 is 0 Å². The van der Waals surface area contributed by atoms with Crippen LogP contribution in [0.2, 0.25) is 0 Å². The molecular formula is C19H20N6S2. The van der Waals surface area contributed by atoms with Crippen LogP contribution >= 0.6 is 22.7 Å². The molecule has 138 valence electrons. The number of aryl methyl sites for hydroxylation is 2. The summed E-state index contributed by atoms with van der Waals surface area (Å²) in [6.07, 6.45) is 4.28. The molecule has 1 aromatic carbocycles. The van der Waals surface area contributed by atoms with Crippen LogP contribution in [0.15, 0.2) is 56.3 Å². The van der Waals surface area contributed by atoms with Crippen molar-refractivity contribution >= 4 is 49.2 Å². The molecule has 0 atom stereocenters. The van der Waals surface area contributed by atoms with Gasteiger partial charge in [0.2, 0.25) is 5.13 Å². The molecule has 3 aromatic rings. The van der Waals surface area contributed by atoms with Gasteiger partial charge in [-0.15, -0.1) is 31.8 Å². The molecule has 2 aromatic heterocycles. The topological polar surface area (TPSA) is 65.6 Å². The Morgan fingerprint density at radius 2 is 1.63 bits per heavy atom. The van der Waals surface area contributed by atoms with Crippen molar-refractivity contribution < 1.29 is 0 Å². The molecule has 0 N–H and O–H groups in total. The van der Waals surface area contributed by atoms with Crippen LogP contribution in [0.3, 0.4) is 0 Å². The summed E-state index contributed by atoms with van der Waals surface area (Å²) in [7, 11) is 0. The Labute approximate surface area is 166 Å². The summed E-state index contributed by atoms with van der Waals surface area (Å²) in [6, 6.07) is 8.18. The van der Waals surface area contributed by atoms with Gasteiger partial charge in [0.1, 0.15) is 5.00 Å². The molecule has 0 radical (unpaired) electrons. The standard InChI is InChI=1S/C19H20N6S2/c1-13-12-16(22-24-19-20-7-10-26-19)14(2)11-15(13)21-23-17-5-6-18(27-17)25-8-3-4-9-25/h5-7,10-12H,3-4,8-9H2,1-2H3. The monoisotopic (exact) mass is 396 g/mol. The quantitative estimate of drug-likeness (QED) is 0.426. The molecule has 0 bridgehead atoms. The van der Waals surface area contributed by atoms with Crippen LogP contribution in [0.1, 0.15) is 24.0 Å². The van der Waals surface area contributed by atoms with Crippen LogP contribution in [0.25, 0.3) is 0 Å². The first kappa shape index (κ1) is 17.9. The van der Waals surface area contributed by atoms with Crippen molar-refractivity contribution in [3.63, 3.8) is 0 Å². The highest BCUT2D eigenvalue weighted by atomic mass is 32.1. The Morgan fingerprint density at radius 1 is 0.926 bits per heavy atom. The van der Waals surface area contributed by atoms with E-state index in [-0.39, 0.29) is 0 Å². The summed E-state index contributed by atoms with van der Waals surface area (Å²) in [4.78, 5) is 6.53. The highest BCUT2D eigenvalue weighted by Crippen LogP contribution is 2.36. The zero-order chi connectivity index (χ0) is 18.6. The van der Waals surface area contributed by atoms with Crippen LogP contribution < -0.4 is 4.90 Å². The van der Waals surface area contributed by atoms with Gasteiger partial charge in [0.15, 0.2) is 0 Å². The smallest absolute Gasteiger partial charge is 0.229 e. The lowest BCUT2D eigenvalue weighted by atomic mass is 10.1. The van der Waals surface area contributed by atoms with Gasteiger partial charge in [0, 0.05) is 24.7 Å². The minimum atomic E-state index is 0.655. The predicted molar refractivity (Wildman–Crippen MR) is 112 cm³/mol. The molecule has 6 nitrogen and oxygen atoms in total. The number of benzene rings is 1. The lowest BCUT2D eigenvalue weighted by Gasteiger charge is -2.13. The number of rotatable bonds is 5. The molecule has 0 amide bonds. The van der Waals surface area contributed by atoms with Crippen LogP contribution in [0.4, 0.5) is 26.5 Å². The van der Waals surface area contributed by atoms with Gasteiger partial charge in [-0.3, -0.25) is 0 Å². The van der Waals surface area contributed by atoms with Gasteiger partial charge in [0.05, 0.1) is 16.4 Å². The van der Waals surface area contributed by atoms with Crippen molar-refractivity contribution in [3.05, 3.63) is 47.0 Å².